The van der Waals surface area contributed by atoms with E-state index in [1.165, 1.54) is 6.07 Å². The molecule has 1 heterocycles. The number of hydrogen-bond donors (Lipinski definition) is 1. The predicted octanol–water partition coefficient (Wildman–Crippen LogP) is 3.57. The monoisotopic (exact) mass is 344 g/mol. The zero-order valence-corrected chi connectivity index (χ0v) is 14.0. The maximum atomic E-state index is 13.2. The fourth-order valence-electron chi connectivity index (χ4n) is 2.96. The molecule has 2 aromatic carbocycles. The van der Waals surface area contributed by atoms with Crippen molar-refractivity contribution in [2.75, 3.05) is 16.8 Å². The third kappa shape index (κ3) is 3.38. The maximum Gasteiger partial charge on any atom is 0.229 e. The van der Waals surface area contributed by atoms with Gasteiger partial charge in [-0.2, -0.15) is 0 Å². The first kappa shape index (κ1) is 17.1. The average molecular weight is 344 g/mol. The van der Waals surface area contributed by atoms with Crippen molar-refractivity contribution in [2.45, 2.75) is 20.3 Å². The van der Waals surface area contributed by atoms with Crippen LogP contribution in [0, 0.1) is 31.4 Å². The average Bonchev–Trinajstić information content (AvgIpc) is 2.95. The van der Waals surface area contributed by atoms with Crippen molar-refractivity contribution < 1.29 is 18.4 Å². The zero-order chi connectivity index (χ0) is 18.1. The van der Waals surface area contributed by atoms with E-state index in [1.807, 2.05) is 32.0 Å². The Hall–Kier alpha value is -2.76. The van der Waals surface area contributed by atoms with Crippen LogP contribution in [0.4, 0.5) is 20.2 Å². The number of aryl methyl sites for hydroxylation is 1. The molecule has 3 rings (SSSR count). The second-order valence-electron chi connectivity index (χ2n) is 6.24. The second-order valence-corrected chi connectivity index (χ2v) is 6.24. The number of halogens is 2. The second kappa shape index (κ2) is 6.63. The molecule has 2 amide bonds. The molecule has 0 saturated carbocycles. The van der Waals surface area contributed by atoms with E-state index in [0.29, 0.717) is 0 Å². The summed E-state index contributed by atoms with van der Waals surface area (Å²) in [6, 6.07) is 8.86. The number of carbonyl (C=O) groups excluding carboxylic acids is 2. The van der Waals surface area contributed by atoms with Crippen molar-refractivity contribution in [3.8, 4) is 0 Å². The van der Waals surface area contributed by atoms with E-state index in [4.69, 9.17) is 0 Å². The van der Waals surface area contributed by atoms with Gasteiger partial charge in [-0.05, 0) is 43.2 Å². The van der Waals surface area contributed by atoms with E-state index in [2.05, 4.69) is 5.32 Å². The van der Waals surface area contributed by atoms with Gasteiger partial charge in [-0.25, -0.2) is 8.78 Å². The lowest BCUT2D eigenvalue weighted by Gasteiger charge is -2.20. The van der Waals surface area contributed by atoms with E-state index in [9.17, 15) is 18.4 Å². The fraction of sp³-hybridized carbons (Fsp3) is 0.263. The molecule has 0 bridgehead atoms. The molecule has 4 nitrogen and oxygen atoms in total. The van der Waals surface area contributed by atoms with Gasteiger partial charge >= 0.3 is 0 Å². The molecule has 2 aromatic rings. The third-order valence-corrected chi connectivity index (χ3v) is 4.55. The topological polar surface area (TPSA) is 49.4 Å². The van der Waals surface area contributed by atoms with Crippen molar-refractivity contribution >= 4 is 23.2 Å². The number of carbonyl (C=O) groups is 2. The van der Waals surface area contributed by atoms with Gasteiger partial charge in [-0.15, -0.1) is 0 Å². The van der Waals surface area contributed by atoms with Crippen molar-refractivity contribution in [3.63, 3.8) is 0 Å². The molecule has 0 unspecified atom stereocenters. The Bertz CT molecular complexity index is 851. The molecule has 6 heteroatoms. The summed E-state index contributed by atoms with van der Waals surface area (Å²) in [5.74, 6) is -3.06. The van der Waals surface area contributed by atoms with E-state index < -0.39 is 17.6 Å². The number of anilines is 2. The van der Waals surface area contributed by atoms with Crippen molar-refractivity contribution in [1.29, 1.82) is 0 Å². The van der Waals surface area contributed by atoms with E-state index >= 15 is 0 Å². The molecule has 0 radical (unpaired) electrons. The molecule has 0 aliphatic carbocycles. The molecule has 0 spiro atoms. The summed E-state index contributed by atoms with van der Waals surface area (Å²) < 4.78 is 26.2. The lowest BCUT2D eigenvalue weighted by Crippen LogP contribution is -2.28. The van der Waals surface area contributed by atoms with Gasteiger partial charge in [0, 0.05) is 30.4 Å². The van der Waals surface area contributed by atoms with Crippen molar-refractivity contribution in [2.24, 2.45) is 5.92 Å². The Morgan fingerprint density at radius 1 is 1.16 bits per heavy atom. The highest BCUT2D eigenvalue weighted by molar-refractivity contribution is 6.03. The van der Waals surface area contributed by atoms with Crippen molar-refractivity contribution in [3.05, 3.63) is 59.2 Å². The number of benzene rings is 2. The minimum absolute atomic E-state index is 0.0862. The molecule has 0 aromatic heterocycles. The smallest absolute Gasteiger partial charge is 0.229 e. The summed E-state index contributed by atoms with van der Waals surface area (Å²) in [6.07, 6.45) is 0.0862. The lowest BCUT2D eigenvalue weighted by atomic mass is 10.1. The van der Waals surface area contributed by atoms with Crippen LogP contribution in [-0.2, 0) is 9.59 Å². The van der Waals surface area contributed by atoms with Gasteiger partial charge in [0.2, 0.25) is 11.8 Å². The van der Waals surface area contributed by atoms with E-state index in [1.54, 1.807) is 4.90 Å². The highest BCUT2D eigenvalue weighted by atomic mass is 19.2. The fourth-order valence-corrected chi connectivity index (χ4v) is 2.96. The number of rotatable bonds is 3. The summed E-state index contributed by atoms with van der Waals surface area (Å²) in [4.78, 5) is 26.3. The molecular formula is C19H18F2N2O2. The first-order valence-electron chi connectivity index (χ1n) is 7.99. The van der Waals surface area contributed by atoms with Crippen LogP contribution in [0.15, 0.2) is 36.4 Å². The summed E-state index contributed by atoms with van der Waals surface area (Å²) in [7, 11) is 0. The molecule has 25 heavy (non-hydrogen) atoms. The minimum Gasteiger partial charge on any atom is -0.326 e. The molecule has 1 fully saturated rings. The van der Waals surface area contributed by atoms with Crippen LogP contribution in [0.1, 0.15) is 17.5 Å². The highest BCUT2D eigenvalue weighted by Gasteiger charge is 2.35. The molecular weight excluding hydrogens is 326 g/mol. The van der Waals surface area contributed by atoms with Crippen LogP contribution < -0.4 is 10.2 Å². The Morgan fingerprint density at radius 3 is 2.64 bits per heavy atom. The van der Waals surface area contributed by atoms with Gasteiger partial charge in [0.1, 0.15) is 0 Å². The van der Waals surface area contributed by atoms with Crippen molar-refractivity contribution in [1.82, 2.24) is 0 Å². The largest absolute Gasteiger partial charge is 0.326 e. The standard InChI is InChI=1S/C19H18F2N2O2/c1-11-4-3-5-17(12(11)2)23-10-13(8-18(23)24)19(25)22-14-6-7-15(20)16(21)9-14/h3-7,9,13H,8,10H2,1-2H3,(H,22,25)/t13-/m0/s1. The Labute approximate surface area is 144 Å². The van der Waals surface area contributed by atoms with Crippen LogP contribution in [0.5, 0.6) is 0 Å². The molecule has 1 aliphatic rings. The highest BCUT2D eigenvalue weighted by Crippen LogP contribution is 2.30. The number of hydrogen-bond acceptors (Lipinski definition) is 2. The Kier molecular flexibility index (Phi) is 4.53. The van der Waals surface area contributed by atoms with Crippen LogP contribution in [0.3, 0.4) is 0 Å². The van der Waals surface area contributed by atoms with Crippen LogP contribution >= 0.6 is 0 Å². The Balaban J connectivity index is 1.74. The molecule has 1 atom stereocenters. The van der Waals surface area contributed by atoms with Crippen LogP contribution in [0.2, 0.25) is 0 Å². The summed E-state index contributed by atoms with van der Waals surface area (Å²) >= 11 is 0. The van der Waals surface area contributed by atoms with E-state index in [0.717, 1.165) is 28.9 Å². The summed E-state index contributed by atoms with van der Waals surface area (Å²) in [6.45, 7) is 4.16. The van der Waals surface area contributed by atoms with Gasteiger partial charge in [-0.3, -0.25) is 9.59 Å². The van der Waals surface area contributed by atoms with Crippen LogP contribution in [0.25, 0.3) is 0 Å². The molecule has 130 valence electrons. The lowest BCUT2D eigenvalue weighted by molar-refractivity contribution is -0.122. The molecule has 1 aliphatic heterocycles. The molecule has 1 N–H and O–H groups in total. The van der Waals surface area contributed by atoms with Gasteiger partial charge in [0.05, 0.1) is 5.92 Å². The summed E-state index contributed by atoms with van der Waals surface area (Å²) in [5, 5.41) is 2.55. The summed E-state index contributed by atoms with van der Waals surface area (Å²) in [5.41, 5.74) is 3.03. The van der Waals surface area contributed by atoms with Crippen LogP contribution in [-0.4, -0.2) is 18.4 Å². The Morgan fingerprint density at radius 2 is 1.92 bits per heavy atom. The van der Waals surface area contributed by atoms with E-state index in [-0.39, 0.29) is 30.5 Å². The van der Waals surface area contributed by atoms with Gasteiger partial charge in [0.25, 0.3) is 0 Å². The maximum absolute atomic E-state index is 13.2. The first-order valence-corrected chi connectivity index (χ1v) is 7.99. The quantitative estimate of drug-likeness (QED) is 0.925. The zero-order valence-electron chi connectivity index (χ0n) is 14.0. The van der Waals surface area contributed by atoms with Gasteiger partial charge in [0.15, 0.2) is 11.6 Å². The predicted molar refractivity (Wildman–Crippen MR) is 91.4 cm³/mol. The number of amides is 2. The van der Waals surface area contributed by atoms with Gasteiger partial charge < -0.3 is 10.2 Å². The first-order chi connectivity index (χ1) is 11.9. The number of nitrogens with one attached hydrogen (secondary N) is 1. The number of nitrogens with zero attached hydrogens (tertiary/aromatic N) is 1. The third-order valence-electron chi connectivity index (χ3n) is 4.55. The normalized spacial score (nSPS) is 17.0. The molecule has 1 saturated heterocycles. The SMILES string of the molecule is Cc1cccc(N2C[C@@H](C(=O)Nc3ccc(F)c(F)c3)CC2=O)c1C. The van der Waals surface area contributed by atoms with Gasteiger partial charge in [-0.1, -0.05) is 12.1 Å². The minimum atomic E-state index is -1.03.